The van der Waals surface area contributed by atoms with Crippen LogP contribution in [-0.2, 0) is 14.3 Å². The predicted molar refractivity (Wildman–Crippen MR) is 143 cm³/mol. The molecule has 1 fully saturated rings. The highest BCUT2D eigenvalue weighted by atomic mass is 32.1. The van der Waals surface area contributed by atoms with E-state index in [9.17, 15) is 14.4 Å². The molecular formula is C27H41N3O4S. The lowest BCUT2D eigenvalue weighted by Gasteiger charge is -2.35. The smallest absolute Gasteiger partial charge is 0.408 e. The van der Waals surface area contributed by atoms with Crippen LogP contribution in [0.2, 0.25) is 0 Å². The number of rotatable bonds is 9. The first kappa shape index (κ1) is 28.8. The molecule has 1 aliphatic rings. The van der Waals surface area contributed by atoms with Crippen molar-refractivity contribution in [3.8, 4) is 0 Å². The molecule has 0 spiro atoms. The molecule has 0 bridgehead atoms. The molecule has 2 N–H and O–H groups in total. The first-order valence-corrected chi connectivity index (χ1v) is 13.0. The Balaban J connectivity index is 2.42. The second kappa shape index (κ2) is 13.0. The number of nitrogens with zero attached hydrogens (tertiary/aromatic N) is 1. The summed E-state index contributed by atoms with van der Waals surface area (Å²) in [7, 11) is 0. The Kier molecular flexibility index (Phi) is 10.7. The van der Waals surface area contributed by atoms with Gasteiger partial charge in [0.1, 0.15) is 17.7 Å². The maximum absolute atomic E-state index is 13.8. The van der Waals surface area contributed by atoms with Crippen molar-refractivity contribution in [3.05, 3.63) is 47.5 Å². The number of carbonyl (C=O) groups excluding carboxylic acids is 3. The Morgan fingerprint density at radius 3 is 2.43 bits per heavy atom. The van der Waals surface area contributed by atoms with Gasteiger partial charge in [-0.25, -0.2) is 4.79 Å². The Morgan fingerprint density at radius 2 is 1.86 bits per heavy atom. The normalized spacial score (nSPS) is 16.1. The summed E-state index contributed by atoms with van der Waals surface area (Å²) in [5.74, 6) is -0.596. The van der Waals surface area contributed by atoms with E-state index < -0.39 is 29.7 Å². The third kappa shape index (κ3) is 8.60. The third-order valence-corrected chi connectivity index (χ3v) is 6.39. The summed E-state index contributed by atoms with van der Waals surface area (Å²) in [5, 5.41) is 5.81. The van der Waals surface area contributed by atoms with Crippen molar-refractivity contribution in [2.24, 2.45) is 0 Å². The molecule has 0 radical (unpaired) electrons. The number of nitrogens with one attached hydrogen (secondary N) is 2. The standard InChI is InChI=1S/C27H41N3O4S/c1-7-15-30(25(32)22(17-35)29-26(33)34-27(4,5)6)23(21-16-18(2)13-14-19(21)3)24(31)28-20-11-9-8-10-12-20/h7,13-14,16,20,22-23,35H,1,8-12,15,17H2,2-6H3,(H,28,31)(H,29,33). The van der Waals surface area contributed by atoms with Crippen LogP contribution in [0.15, 0.2) is 30.9 Å². The lowest BCUT2D eigenvalue weighted by atomic mass is 9.93. The van der Waals surface area contributed by atoms with Crippen molar-refractivity contribution in [2.75, 3.05) is 12.3 Å². The summed E-state index contributed by atoms with van der Waals surface area (Å²) in [4.78, 5) is 41.4. The van der Waals surface area contributed by atoms with Crippen LogP contribution in [-0.4, -0.2) is 52.8 Å². The number of carbonyl (C=O) groups is 3. The average Bonchev–Trinajstić information content (AvgIpc) is 2.78. The van der Waals surface area contributed by atoms with E-state index in [1.165, 1.54) is 11.3 Å². The Hall–Kier alpha value is -2.48. The zero-order chi connectivity index (χ0) is 26.2. The van der Waals surface area contributed by atoms with Gasteiger partial charge in [-0.2, -0.15) is 12.6 Å². The first-order valence-electron chi connectivity index (χ1n) is 12.4. The number of hydrogen-bond acceptors (Lipinski definition) is 5. The van der Waals surface area contributed by atoms with Crippen molar-refractivity contribution in [2.45, 2.75) is 90.4 Å². The minimum absolute atomic E-state index is 0.0511. The summed E-state index contributed by atoms with van der Waals surface area (Å²) >= 11 is 4.31. The second-order valence-electron chi connectivity index (χ2n) is 10.3. The van der Waals surface area contributed by atoms with Crippen LogP contribution in [0, 0.1) is 13.8 Å². The molecule has 1 saturated carbocycles. The summed E-state index contributed by atoms with van der Waals surface area (Å²) < 4.78 is 5.33. The molecule has 1 aromatic rings. The summed E-state index contributed by atoms with van der Waals surface area (Å²) in [6.07, 6.45) is 6.07. The highest BCUT2D eigenvalue weighted by Gasteiger charge is 2.36. The van der Waals surface area contributed by atoms with Gasteiger partial charge in [0.15, 0.2) is 0 Å². The van der Waals surface area contributed by atoms with Gasteiger partial charge in [0.2, 0.25) is 11.8 Å². The molecule has 0 saturated heterocycles. The number of alkyl carbamates (subject to hydrolysis) is 1. The number of hydrogen-bond donors (Lipinski definition) is 3. The van der Waals surface area contributed by atoms with Crippen LogP contribution >= 0.6 is 12.6 Å². The molecular weight excluding hydrogens is 462 g/mol. The highest BCUT2D eigenvalue weighted by molar-refractivity contribution is 7.80. The Bertz CT molecular complexity index is 906. The van der Waals surface area contributed by atoms with E-state index in [1.54, 1.807) is 26.8 Å². The number of amides is 3. The van der Waals surface area contributed by atoms with Gasteiger partial charge >= 0.3 is 6.09 Å². The minimum Gasteiger partial charge on any atom is -0.444 e. The molecule has 194 valence electrons. The quantitative estimate of drug-likeness (QED) is 0.339. The SMILES string of the molecule is C=CCN(C(=O)C(CS)NC(=O)OC(C)(C)C)C(C(=O)NC1CCCCC1)c1cc(C)ccc1C. The molecule has 8 heteroatoms. The van der Waals surface area contributed by atoms with E-state index in [0.717, 1.165) is 42.4 Å². The molecule has 2 atom stereocenters. The average molecular weight is 504 g/mol. The maximum atomic E-state index is 13.8. The number of aryl methyl sites for hydroxylation is 2. The van der Waals surface area contributed by atoms with Gasteiger partial charge < -0.3 is 20.3 Å². The summed E-state index contributed by atoms with van der Waals surface area (Å²) in [6, 6.07) is 4.13. The Labute approximate surface area is 215 Å². The maximum Gasteiger partial charge on any atom is 0.408 e. The predicted octanol–water partition coefficient (Wildman–Crippen LogP) is 4.63. The monoisotopic (exact) mass is 503 g/mol. The van der Waals surface area contributed by atoms with E-state index in [2.05, 4.69) is 29.8 Å². The van der Waals surface area contributed by atoms with Gasteiger partial charge in [0, 0.05) is 18.3 Å². The fraction of sp³-hybridized carbons (Fsp3) is 0.593. The zero-order valence-corrected chi connectivity index (χ0v) is 22.6. The third-order valence-electron chi connectivity index (χ3n) is 6.02. The lowest BCUT2D eigenvalue weighted by Crippen LogP contribution is -2.54. The summed E-state index contributed by atoms with van der Waals surface area (Å²) in [6.45, 7) is 13.1. The van der Waals surface area contributed by atoms with Crippen LogP contribution < -0.4 is 10.6 Å². The second-order valence-corrected chi connectivity index (χ2v) is 10.6. The van der Waals surface area contributed by atoms with E-state index >= 15 is 0 Å². The number of benzene rings is 1. The van der Waals surface area contributed by atoms with Gasteiger partial charge in [0.25, 0.3) is 0 Å². The first-order chi connectivity index (χ1) is 16.5. The van der Waals surface area contributed by atoms with Crippen molar-refractivity contribution in [1.82, 2.24) is 15.5 Å². The van der Waals surface area contributed by atoms with Gasteiger partial charge in [-0.05, 0) is 58.6 Å². The fourth-order valence-electron chi connectivity index (χ4n) is 4.33. The van der Waals surface area contributed by atoms with Crippen LogP contribution in [0.1, 0.15) is 75.6 Å². The zero-order valence-electron chi connectivity index (χ0n) is 21.7. The van der Waals surface area contributed by atoms with Gasteiger partial charge in [-0.15, -0.1) is 6.58 Å². The number of thiol groups is 1. The van der Waals surface area contributed by atoms with Crippen molar-refractivity contribution >= 4 is 30.5 Å². The fourth-order valence-corrected chi connectivity index (χ4v) is 4.58. The molecule has 1 aliphatic carbocycles. The number of ether oxygens (including phenoxy) is 1. The van der Waals surface area contributed by atoms with Gasteiger partial charge in [-0.1, -0.05) is 49.1 Å². The highest BCUT2D eigenvalue weighted by Crippen LogP contribution is 2.28. The Morgan fingerprint density at radius 1 is 1.20 bits per heavy atom. The van der Waals surface area contributed by atoms with Crippen LogP contribution in [0.25, 0.3) is 0 Å². The topological polar surface area (TPSA) is 87.7 Å². The summed E-state index contributed by atoms with van der Waals surface area (Å²) in [5.41, 5.74) is 1.94. The molecule has 2 unspecified atom stereocenters. The van der Waals surface area contributed by atoms with Crippen LogP contribution in [0.4, 0.5) is 4.79 Å². The molecule has 3 amide bonds. The van der Waals surface area contributed by atoms with E-state index in [0.29, 0.717) is 0 Å². The van der Waals surface area contributed by atoms with Crippen LogP contribution in [0.5, 0.6) is 0 Å². The molecule has 35 heavy (non-hydrogen) atoms. The molecule has 0 aromatic heterocycles. The molecule has 7 nitrogen and oxygen atoms in total. The molecule has 2 rings (SSSR count). The lowest BCUT2D eigenvalue weighted by molar-refractivity contribution is -0.141. The van der Waals surface area contributed by atoms with Crippen molar-refractivity contribution in [3.63, 3.8) is 0 Å². The van der Waals surface area contributed by atoms with Crippen molar-refractivity contribution < 1.29 is 19.1 Å². The van der Waals surface area contributed by atoms with E-state index in [-0.39, 0.29) is 24.2 Å². The molecule has 1 aromatic carbocycles. The largest absolute Gasteiger partial charge is 0.444 e. The van der Waals surface area contributed by atoms with Crippen molar-refractivity contribution in [1.29, 1.82) is 0 Å². The van der Waals surface area contributed by atoms with E-state index in [1.807, 2.05) is 32.0 Å². The van der Waals surface area contributed by atoms with Crippen LogP contribution in [0.3, 0.4) is 0 Å². The van der Waals surface area contributed by atoms with E-state index in [4.69, 9.17) is 4.74 Å². The molecule has 0 heterocycles. The van der Waals surface area contributed by atoms with Gasteiger partial charge in [-0.3, -0.25) is 9.59 Å². The molecule has 0 aliphatic heterocycles. The van der Waals surface area contributed by atoms with Gasteiger partial charge in [0.05, 0.1) is 0 Å². The minimum atomic E-state index is -0.969.